The summed E-state index contributed by atoms with van der Waals surface area (Å²) in [6.07, 6.45) is 3.54. The van der Waals surface area contributed by atoms with Crippen molar-refractivity contribution in [2.45, 2.75) is 117 Å². The zero-order valence-electron chi connectivity index (χ0n) is 35.2. The van der Waals surface area contributed by atoms with Crippen LogP contribution in [0, 0.1) is 10.8 Å². The Bertz CT molecular complexity index is 1810. The van der Waals surface area contributed by atoms with Gasteiger partial charge in [-0.1, -0.05) is 38.1 Å². The lowest BCUT2D eigenvalue weighted by Crippen LogP contribution is -2.48. The highest BCUT2D eigenvalue weighted by Gasteiger charge is 2.40. The van der Waals surface area contributed by atoms with Gasteiger partial charge in [-0.25, -0.2) is 14.6 Å². The molecular formula is C43H63N5O9. The molecule has 3 saturated heterocycles. The molecule has 6 rings (SSSR count). The maximum Gasteiger partial charge on any atom is 0.410 e. The molecule has 0 atom stereocenters. The summed E-state index contributed by atoms with van der Waals surface area (Å²) in [5.74, 6) is 0.00465. The Balaban J connectivity index is 0.000000195. The first-order valence-corrected chi connectivity index (χ1v) is 19.9. The van der Waals surface area contributed by atoms with Crippen molar-refractivity contribution < 1.29 is 43.3 Å². The van der Waals surface area contributed by atoms with Crippen molar-refractivity contribution in [3.05, 3.63) is 54.4 Å². The average Bonchev–Trinajstić information content (AvgIpc) is 3.58. The van der Waals surface area contributed by atoms with E-state index in [-0.39, 0.29) is 29.3 Å². The van der Waals surface area contributed by atoms with Crippen molar-refractivity contribution in [2.24, 2.45) is 10.8 Å². The summed E-state index contributed by atoms with van der Waals surface area (Å²) in [5.41, 5.74) is 0.0432. The van der Waals surface area contributed by atoms with Crippen LogP contribution in [0.2, 0.25) is 0 Å². The molecule has 4 N–H and O–H groups in total. The number of carbonyl (C=O) groups is 4. The molecule has 57 heavy (non-hydrogen) atoms. The van der Waals surface area contributed by atoms with Crippen LogP contribution >= 0.6 is 0 Å². The van der Waals surface area contributed by atoms with Crippen LogP contribution in [0.25, 0.3) is 11.1 Å². The smallest absolute Gasteiger partial charge is 0.410 e. The van der Waals surface area contributed by atoms with Crippen LogP contribution in [0.5, 0.6) is 5.75 Å². The predicted octanol–water partition coefficient (Wildman–Crippen LogP) is 7.95. The zero-order valence-corrected chi connectivity index (χ0v) is 35.2. The number of likely N-dealkylation sites (tertiary alicyclic amines) is 2. The number of ether oxygens (including phenoxy) is 2. The van der Waals surface area contributed by atoms with E-state index >= 15 is 0 Å². The van der Waals surface area contributed by atoms with Gasteiger partial charge < -0.3 is 44.5 Å². The Labute approximate surface area is 336 Å². The molecule has 14 heteroatoms. The van der Waals surface area contributed by atoms with Crippen molar-refractivity contribution in [1.82, 2.24) is 20.1 Å². The van der Waals surface area contributed by atoms with Gasteiger partial charge in [-0.15, -0.1) is 0 Å². The standard InChI is InChI=1S/C18H26N2O4.C13H16N2O.C12H21NO4/c1-17(2,3)24-16(23)20-11-9-18(4,10-12-20)15(22)19-13-7-5-6-8-14(13)21;1-13(6-8-14-9-7-13)12-15-10-4-2-3-5-11(10)16-12;1-11(2,3)17-10(16)13-7-5-12(4,6-8-13)9(14)15/h5-8,21H,9-12H2,1-4H3,(H,19,22);2-5,14H,6-9H2,1H3;5-8H2,1-4H3,(H,14,15). The minimum atomic E-state index is -0.790. The highest BCUT2D eigenvalue weighted by molar-refractivity contribution is 5.96. The molecule has 3 aromatic rings. The summed E-state index contributed by atoms with van der Waals surface area (Å²) >= 11 is 0. The number of hydrogen-bond acceptors (Lipinski definition) is 10. The van der Waals surface area contributed by atoms with Crippen molar-refractivity contribution >= 4 is 40.9 Å². The third kappa shape index (κ3) is 12.6. The number of aromatic hydroxyl groups is 1. The van der Waals surface area contributed by atoms with E-state index in [1.807, 2.05) is 72.7 Å². The summed E-state index contributed by atoms with van der Waals surface area (Å²) < 4.78 is 16.5. The SMILES string of the molecule is CC(C)(C)OC(=O)N1CCC(C)(C(=O)Nc2ccccc2O)CC1.CC(C)(C)OC(=O)N1CCC(C)(C(=O)O)CC1.CC1(c2nc3ccccc3o2)CCNCC1. The number of oxazole rings is 1. The maximum absolute atomic E-state index is 12.6. The fourth-order valence-electron chi connectivity index (χ4n) is 6.63. The number of phenols is 1. The minimum absolute atomic E-state index is 0.0423. The molecule has 0 aliphatic carbocycles. The number of hydrogen-bond donors (Lipinski definition) is 4. The van der Waals surface area contributed by atoms with E-state index in [1.54, 1.807) is 34.9 Å². The predicted molar refractivity (Wildman–Crippen MR) is 218 cm³/mol. The maximum atomic E-state index is 12.6. The van der Waals surface area contributed by atoms with E-state index < -0.39 is 28.0 Å². The van der Waals surface area contributed by atoms with Crippen molar-refractivity contribution in [3.8, 4) is 5.75 Å². The third-order valence-corrected chi connectivity index (χ3v) is 10.8. The number of para-hydroxylation sites is 4. The van der Waals surface area contributed by atoms with Crippen LogP contribution < -0.4 is 10.6 Å². The van der Waals surface area contributed by atoms with Gasteiger partial charge >= 0.3 is 18.2 Å². The Morgan fingerprint density at radius 1 is 0.737 bits per heavy atom. The summed E-state index contributed by atoms with van der Waals surface area (Å²) in [7, 11) is 0. The van der Waals surface area contributed by atoms with Crippen molar-refractivity contribution in [1.29, 1.82) is 0 Å². The van der Waals surface area contributed by atoms with Gasteiger partial charge in [-0.3, -0.25) is 9.59 Å². The Hall–Kier alpha value is -4.85. The van der Waals surface area contributed by atoms with Crippen LogP contribution in [0.15, 0.2) is 52.9 Å². The monoisotopic (exact) mass is 793 g/mol. The lowest BCUT2D eigenvalue weighted by atomic mass is 9.79. The van der Waals surface area contributed by atoms with Gasteiger partial charge in [-0.05, 0) is 124 Å². The number of amides is 3. The van der Waals surface area contributed by atoms with Crippen LogP contribution in [0.3, 0.4) is 0 Å². The molecule has 14 nitrogen and oxygen atoms in total. The Morgan fingerprint density at radius 2 is 1.21 bits per heavy atom. The van der Waals surface area contributed by atoms with E-state index in [4.69, 9.17) is 19.0 Å². The number of piperidine rings is 3. The molecule has 3 aliphatic rings. The first-order chi connectivity index (χ1) is 26.5. The summed E-state index contributed by atoms with van der Waals surface area (Å²) in [6.45, 7) is 20.7. The minimum Gasteiger partial charge on any atom is -0.506 e. The molecule has 0 radical (unpaired) electrons. The van der Waals surface area contributed by atoms with E-state index in [1.165, 1.54) is 6.07 Å². The number of carboxylic acid groups (broad SMARTS) is 1. The quantitative estimate of drug-likeness (QED) is 0.188. The number of phenolic OH excluding ortho intramolecular Hbond substituents is 1. The normalized spacial score (nSPS) is 18.8. The molecule has 2 aromatic carbocycles. The number of aromatic nitrogens is 1. The Morgan fingerprint density at radius 3 is 1.68 bits per heavy atom. The van der Waals surface area contributed by atoms with Gasteiger partial charge in [0, 0.05) is 31.6 Å². The fraction of sp³-hybridized carbons (Fsp3) is 0.605. The van der Waals surface area contributed by atoms with Gasteiger partial charge in [0.25, 0.3) is 0 Å². The molecule has 0 bridgehead atoms. The topological polar surface area (TPSA) is 184 Å². The Kier molecular flexibility index (Phi) is 14.3. The summed E-state index contributed by atoms with van der Waals surface area (Å²) in [4.78, 5) is 55.3. The molecule has 1 aromatic heterocycles. The van der Waals surface area contributed by atoms with Crippen LogP contribution in [-0.4, -0.2) is 99.5 Å². The average molecular weight is 794 g/mol. The summed E-state index contributed by atoms with van der Waals surface area (Å²) in [6, 6.07) is 14.6. The van der Waals surface area contributed by atoms with E-state index in [2.05, 4.69) is 22.5 Å². The number of rotatable bonds is 4. The molecular weight excluding hydrogens is 730 g/mol. The van der Waals surface area contributed by atoms with Gasteiger partial charge in [0.2, 0.25) is 11.8 Å². The first kappa shape index (κ1) is 44.9. The number of fused-ring (bicyclic) bond motifs is 1. The second-order valence-corrected chi connectivity index (χ2v) is 18.1. The highest BCUT2D eigenvalue weighted by atomic mass is 16.6. The van der Waals surface area contributed by atoms with Gasteiger partial charge in [0.1, 0.15) is 22.5 Å². The van der Waals surface area contributed by atoms with E-state index in [0.29, 0.717) is 57.5 Å². The largest absolute Gasteiger partial charge is 0.506 e. The number of nitrogens with zero attached hydrogens (tertiary/aromatic N) is 3. The third-order valence-electron chi connectivity index (χ3n) is 10.8. The number of carbonyl (C=O) groups excluding carboxylic acids is 3. The second-order valence-electron chi connectivity index (χ2n) is 18.1. The van der Waals surface area contributed by atoms with Crippen LogP contribution in [0.4, 0.5) is 15.3 Å². The first-order valence-electron chi connectivity index (χ1n) is 19.9. The molecule has 314 valence electrons. The van der Waals surface area contributed by atoms with Gasteiger partial charge in [0.05, 0.1) is 16.5 Å². The molecule has 3 aliphatic heterocycles. The highest BCUT2D eigenvalue weighted by Crippen LogP contribution is 2.36. The lowest BCUT2D eigenvalue weighted by molar-refractivity contribution is -0.150. The number of nitrogens with one attached hydrogen (secondary N) is 2. The molecule has 0 saturated carbocycles. The number of aliphatic carboxylic acids is 1. The molecule has 4 heterocycles. The van der Waals surface area contributed by atoms with Gasteiger partial charge in [0.15, 0.2) is 5.58 Å². The zero-order chi connectivity index (χ0) is 42.2. The van der Waals surface area contributed by atoms with Crippen molar-refractivity contribution in [3.63, 3.8) is 0 Å². The number of anilines is 1. The van der Waals surface area contributed by atoms with Gasteiger partial charge in [-0.2, -0.15) is 0 Å². The van der Waals surface area contributed by atoms with Crippen molar-refractivity contribution in [2.75, 3.05) is 44.6 Å². The lowest BCUT2D eigenvalue weighted by Gasteiger charge is -2.38. The number of carboxylic acids is 1. The van der Waals surface area contributed by atoms with Crippen LogP contribution in [0.1, 0.15) is 107 Å². The van der Waals surface area contributed by atoms with Crippen LogP contribution in [-0.2, 0) is 24.5 Å². The summed E-state index contributed by atoms with van der Waals surface area (Å²) in [5, 5.41) is 25.0. The number of benzene rings is 2. The fourth-order valence-corrected chi connectivity index (χ4v) is 6.63. The molecule has 0 spiro atoms. The molecule has 3 fully saturated rings. The van der Waals surface area contributed by atoms with E-state index in [9.17, 15) is 24.3 Å². The second kappa shape index (κ2) is 18.2. The molecule has 3 amide bonds. The van der Waals surface area contributed by atoms with E-state index in [0.717, 1.165) is 42.9 Å². The molecule has 0 unspecified atom stereocenters.